The summed E-state index contributed by atoms with van der Waals surface area (Å²) in [6, 6.07) is 12.1. The third-order valence-electron chi connectivity index (χ3n) is 5.13. The van der Waals surface area contributed by atoms with E-state index in [0.717, 1.165) is 22.4 Å². The van der Waals surface area contributed by atoms with Gasteiger partial charge in [0.25, 0.3) is 11.8 Å². The summed E-state index contributed by atoms with van der Waals surface area (Å²) in [5, 5.41) is 2.74. The van der Waals surface area contributed by atoms with Crippen LogP contribution in [0.1, 0.15) is 38.8 Å². The molecule has 7 heteroatoms. The number of rotatable bonds is 3. The number of fused-ring (bicyclic) bond motifs is 2. The third-order valence-corrected chi connectivity index (χ3v) is 5.13. The highest BCUT2D eigenvalue weighted by Crippen LogP contribution is 2.24. The van der Waals surface area contributed by atoms with Gasteiger partial charge in [-0.15, -0.1) is 0 Å². The van der Waals surface area contributed by atoms with E-state index in [4.69, 9.17) is 0 Å². The van der Waals surface area contributed by atoms with Gasteiger partial charge >= 0.3 is 0 Å². The maximum atomic E-state index is 12.4. The number of carbonyl (C=O) groups excluding carboxylic acids is 4. The number of hydrogen-bond acceptors (Lipinski definition) is 4. The molecule has 28 heavy (non-hydrogen) atoms. The maximum absolute atomic E-state index is 12.4. The van der Waals surface area contributed by atoms with E-state index in [1.54, 1.807) is 42.2 Å². The van der Waals surface area contributed by atoms with Gasteiger partial charge in [0.2, 0.25) is 11.8 Å². The fourth-order valence-corrected chi connectivity index (χ4v) is 3.63. The minimum Gasteiger partial charge on any atom is -0.338 e. The standard InChI is InChI=1S/C21H19N3O4/c1-13(25)23-9-8-14-6-7-16(10-15(14)11-23)22-19(26)12-24-20(27)17-4-2-3-5-18(17)21(24)28/h2-7,10H,8-9,11-12H2,1H3,(H,22,26). The van der Waals surface area contributed by atoms with E-state index in [-0.39, 0.29) is 12.5 Å². The molecule has 142 valence electrons. The Morgan fingerprint density at radius 2 is 1.68 bits per heavy atom. The second-order valence-corrected chi connectivity index (χ2v) is 6.96. The van der Waals surface area contributed by atoms with Gasteiger partial charge in [-0.1, -0.05) is 18.2 Å². The quantitative estimate of drug-likeness (QED) is 0.827. The number of anilines is 1. The predicted octanol–water partition coefficient (Wildman–Crippen LogP) is 1.83. The minimum absolute atomic E-state index is 0.0192. The van der Waals surface area contributed by atoms with Crippen LogP contribution >= 0.6 is 0 Å². The van der Waals surface area contributed by atoms with Crippen LogP contribution in [0.4, 0.5) is 5.69 Å². The Hall–Kier alpha value is -3.48. The van der Waals surface area contributed by atoms with Crippen LogP contribution in [-0.2, 0) is 22.6 Å². The molecule has 0 aromatic heterocycles. The molecule has 0 fully saturated rings. The Morgan fingerprint density at radius 3 is 2.32 bits per heavy atom. The number of imide groups is 1. The number of carbonyl (C=O) groups is 4. The highest BCUT2D eigenvalue weighted by molar-refractivity contribution is 6.22. The van der Waals surface area contributed by atoms with Crippen molar-refractivity contribution in [3.05, 3.63) is 64.7 Å². The number of nitrogens with one attached hydrogen (secondary N) is 1. The number of amides is 4. The fraction of sp³-hybridized carbons (Fsp3) is 0.238. The molecular formula is C21H19N3O4. The second kappa shape index (κ2) is 6.92. The summed E-state index contributed by atoms with van der Waals surface area (Å²) in [5.41, 5.74) is 3.35. The molecule has 2 heterocycles. The van der Waals surface area contributed by atoms with Crippen molar-refractivity contribution in [2.45, 2.75) is 19.9 Å². The first-order valence-corrected chi connectivity index (χ1v) is 9.06. The van der Waals surface area contributed by atoms with Gasteiger partial charge in [0.15, 0.2) is 0 Å². The summed E-state index contributed by atoms with van der Waals surface area (Å²) >= 11 is 0. The smallest absolute Gasteiger partial charge is 0.262 e. The monoisotopic (exact) mass is 377 g/mol. The van der Waals surface area contributed by atoms with Crippen LogP contribution in [0.3, 0.4) is 0 Å². The van der Waals surface area contributed by atoms with Gasteiger partial charge in [-0.25, -0.2) is 0 Å². The highest BCUT2D eigenvalue weighted by Gasteiger charge is 2.36. The van der Waals surface area contributed by atoms with E-state index in [2.05, 4.69) is 5.32 Å². The van der Waals surface area contributed by atoms with Gasteiger partial charge in [0.05, 0.1) is 11.1 Å². The van der Waals surface area contributed by atoms with Crippen LogP contribution in [-0.4, -0.2) is 46.5 Å². The SMILES string of the molecule is CC(=O)N1CCc2ccc(NC(=O)CN3C(=O)c4ccccc4C3=O)cc2C1. The lowest BCUT2D eigenvalue weighted by atomic mass is 9.99. The maximum Gasteiger partial charge on any atom is 0.262 e. The summed E-state index contributed by atoms with van der Waals surface area (Å²) in [7, 11) is 0. The predicted molar refractivity (Wildman–Crippen MR) is 102 cm³/mol. The van der Waals surface area contributed by atoms with Crippen LogP contribution in [0.5, 0.6) is 0 Å². The van der Waals surface area contributed by atoms with Gasteiger partial charge in [0, 0.05) is 25.7 Å². The van der Waals surface area contributed by atoms with Crippen LogP contribution in [0.25, 0.3) is 0 Å². The zero-order chi connectivity index (χ0) is 19.8. The van der Waals surface area contributed by atoms with E-state index < -0.39 is 17.7 Å². The molecule has 2 aromatic rings. The molecule has 0 saturated heterocycles. The Morgan fingerprint density at radius 1 is 1.00 bits per heavy atom. The topological polar surface area (TPSA) is 86.8 Å². The van der Waals surface area contributed by atoms with Crippen molar-refractivity contribution in [2.24, 2.45) is 0 Å². The molecule has 0 radical (unpaired) electrons. The summed E-state index contributed by atoms with van der Waals surface area (Å²) < 4.78 is 0. The molecule has 0 spiro atoms. The third kappa shape index (κ3) is 3.15. The van der Waals surface area contributed by atoms with Crippen molar-refractivity contribution >= 4 is 29.3 Å². The van der Waals surface area contributed by atoms with Crippen molar-refractivity contribution < 1.29 is 19.2 Å². The Balaban J connectivity index is 1.45. The Bertz CT molecular complexity index is 979. The molecule has 7 nitrogen and oxygen atoms in total. The first-order chi connectivity index (χ1) is 13.4. The Labute approximate surface area is 161 Å². The average Bonchev–Trinajstić information content (AvgIpc) is 2.92. The summed E-state index contributed by atoms with van der Waals surface area (Å²) in [6.07, 6.45) is 0.776. The molecule has 0 atom stereocenters. The van der Waals surface area contributed by atoms with Crippen molar-refractivity contribution in [3.8, 4) is 0 Å². The van der Waals surface area contributed by atoms with E-state index in [0.29, 0.717) is 29.9 Å². The highest BCUT2D eigenvalue weighted by atomic mass is 16.2. The molecule has 2 aliphatic heterocycles. The van der Waals surface area contributed by atoms with Crippen LogP contribution in [0.15, 0.2) is 42.5 Å². The van der Waals surface area contributed by atoms with Gasteiger partial charge in [-0.3, -0.25) is 24.1 Å². The molecule has 0 bridgehead atoms. The molecule has 2 aromatic carbocycles. The van der Waals surface area contributed by atoms with Gasteiger partial charge in [-0.2, -0.15) is 0 Å². The lowest BCUT2D eigenvalue weighted by Gasteiger charge is -2.28. The lowest BCUT2D eigenvalue weighted by Crippen LogP contribution is -2.37. The van der Waals surface area contributed by atoms with Gasteiger partial charge < -0.3 is 10.2 Å². The number of benzene rings is 2. The molecule has 4 rings (SSSR count). The molecule has 2 aliphatic rings. The molecule has 1 N–H and O–H groups in total. The van der Waals surface area contributed by atoms with E-state index in [9.17, 15) is 19.2 Å². The van der Waals surface area contributed by atoms with Crippen molar-refractivity contribution in [1.29, 1.82) is 0 Å². The summed E-state index contributed by atoms with van der Waals surface area (Å²) in [6.45, 7) is 2.39. The fourth-order valence-electron chi connectivity index (χ4n) is 3.63. The van der Waals surface area contributed by atoms with E-state index in [1.807, 2.05) is 12.1 Å². The van der Waals surface area contributed by atoms with Gasteiger partial charge in [-0.05, 0) is 41.8 Å². The van der Waals surface area contributed by atoms with E-state index in [1.165, 1.54) is 0 Å². The molecular weight excluding hydrogens is 358 g/mol. The van der Waals surface area contributed by atoms with Crippen molar-refractivity contribution in [3.63, 3.8) is 0 Å². The largest absolute Gasteiger partial charge is 0.338 e. The zero-order valence-electron chi connectivity index (χ0n) is 15.4. The molecule has 0 aliphatic carbocycles. The van der Waals surface area contributed by atoms with Crippen LogP contribution in [0.2, 0.25) is 0 Å². The number of nitrogens with zero attached hydrogens (tertiary/aromatic N) is 2. The first kappa shape index (κ1) is 17.9. The second-order valence-electron chi connectivity index (χ2n) is 6.96. The Kier molecular flexibility index (Phi) is 4.43. The molecule has 0 unspecified atom stereocenters. The average molecular weight is 377 g/mol. The molecule has 4 amide bonds. The number of hydrogen-bond donors (Lipinski definition) is 1. The van der Waals surface area contributed by atoms with Crippen molar-refractivity contribution in [1.82, 2.24) is 9.80 Å². The lowest BCUT2D eigenvalue weighted by molar-refractivity contribution is -0.129. The van der Waals surface area contributed by atoms with Crippen LogP contribution < -0.4 is 5.32 Å². The molecule has 0 saturated carbocycles. The zero-order valence-corrected chi connectivity index (χ0v) is 15.4. The first-order valence-electron chi connectivity index (χ1n) is 9.06. The van der Waals surface area contributed by atoms with E-state index >= 15 is 0 Å². The van der Waals surface area contributed by atoms with Crippen molar-refractivity contribution in [2.75, 3.05) is 18.4 Å². The normalized spacial score (nSPS) is 15.3. The summed E-state index contributed by atoms with van der Waals surface area (Å²) in [4.78, 5) is 51.5. The van der Waals surface area contributed by atoms with Gasteiger partial charge in [0.1, 0.15) is 6.54 Å². The van der Waals surface area contributed by atoms with Crippen LogP contribution in [0, 0.1) is 0 Å². The minimum atomic E-state index is -0.460. The summed E-state index contributed by atoms with van der Waals surface area (Å²) in [5.74, 6) is -1.35.